The first kappa shape index (κ1) is 8.27. The second-order valence-electron chi connectivity index (χ2n) is 2.19. The third kappa shape index (κ3) is 3.82. The minimum atomic E-state index is 0.468. The Labute approximate surface area is 55.9 Å². The Hall–Kier alpha value is -0.730. The first-order chi connectivity index (χ1) is 4.18. The highest BCUT2D eigenvalue weighted by molar-refractivity contribution is 5.83. The van der Waals surface area contributed by atoms with E-state index in [1.807, 2.05) is 6.92 Å². The highest BCUT2D eigenvalue weighted by atomic mass is 15.4. The summed E-state index contributed by atoms with van der Waals surface area (Å²) in [5, 5.41) is 10.8. The van der Waals surface area contributed by atoms with Crippen LogP contribution in [-0.2, 0) is 0 Å². The van der Waals surface area contributed by atoms with Gasteiger partial charge in [-0.3, -0.25) is 0 Å². The molecule has 0 saturated carbocycles. The van der Waals surface area contributed by atoms with Gasteiger partial charge in [-0.05, 0) is 12.8 Å². The lowest BCUT2D eigenvalue weighted by molar-refractivity contribution is 0.858. The molecule has 52 valence electrons. The van der Waals surface area contributed by atoms with Crippen molar-refractivity contribution in [1.82, 2.24) is 0 Å². The maximum absolute atomic E-state index is 3.82. The fourth-order valence-electron chi connectivity index (χ4n) is 0.231. The van der Waals surface area contributed by atoms with Gasteiger partial charge >= 0.3 is 0 Å². The van der Waals surface area contributed by atoms with Crippen molar-refractivity contribution in [1.29, 1.82) is 0 Å². The van der Waals surface area contributed by atoms with Crippen LogP contribution in [0.15, 0.2) is 15.4 Å². The van der Waals surface area contributed by atoms with Crippen molar-refractivity contribution in [2.45, 2.75) is 20.8 Å². The van der Waals surface area contributed by atoms with Crippen molar-refractivity contribution in [3.05, 3.63) is 0 Å². The third-order valence-electron chi connectivity index (χ3n) is 1.13. The maximum atomic E-state index is 3.82. The molecule has 0 saturated heterocycles. The largest absolute Gasteiger partial charge is 0.172 e. The Morgan fingerprint density at radius 2 is 1.89 bits per heavy atom. The molecule has 0 amide bonds. The normalized spacial score (nSPS) is 13.7. The van der Waals surface area contributed by atoms with Crippen LogP contribution in [0.2, 0.25) is 0 Å². The van der Waals surface area contributed by atoms with Gasteiger partial charge in [0.05, 0.1) is 7.05 Å². The van der Waals surface area contributed by atoms with E-state index in [0.717, 1.165) is 5.71 Å². The Morgan fingerprint density at radius 3 is 2.22 bits per heavy atom. The molecule has 0 fully saturated rings. The lowest BCUT2D eigenvalue weighted by Gasteiger charge is -1.97. The van der Waals surface area contributed by atoms with E-state index >= 15 is 0 Å². The predicted molar refractivity (Wildman–Crippen MR) is 38.7 cm³/mol. The van der Waals surface area contributed by atoms with Gasteiger partial charge in [0.15, 0.2) is 0 Å². The number of hydrogen-bond donors (Lipinski definition) is 0. The summed E-state index contributed by atoms with van der Waals surface area (Å²) in [6.45, 7) is 6.09. The molecule has 3 heteroatoms. The van der Waals surface area contributed by atoms with Gasteiger partial charge in [-0.15, -0.1) is 5.10 Å². The van der Waals surface area contributed by atoms with Crippen LogP contribution < -0.4 is 0 Å². The minimum Gasteiger partial charge on any atom is -0.172 e. The molecular weight excluding hydrogens is 114 g/mol. The molecule has 0 aromatic heterocycles. The van der Waals surface area contributed by atoms with Crippen molar-refractivity contribution < 1.29 is 0 Å². The van der Waals surface area contributed by atoms with Crippen molar-refractivity contribution in [3.63, 3.8) is 0 Å². The smallest absolute Gasteiger partial charge is 0.0509 e. The summed E-state index contributed by atoms with van der Waals surface area (Å²) in [6.07, 6.45) is 0. The van der Waals surface area contributed by atoms with Gasteiger partial charge < -0.3 is 0 Å². The molecule has 0 aromatic rings. The van der Waals surface area contributed by atoms with E-state index in [-0.39, 0.29) is 0 Å². The summed E-state index contributed by atoms with van der Waals surface area (Å²) in [4.78, 5) is 0. The van der Waals surface area contributed by atoms with Crippen molar-refractivity contribution in [2.24, 2.45) is 21.4 Å². The highest BCUT2D eigenvalue weighted by Gasteiger charge is 1.95. The zero-order valence-electron chi connectivity index (χ0n) is 6.42. The van der Waals surface area contributed by atoms with Gasteiger partial charge in [-0.2, -0.15) is 5.11 Å². The summed E-state index contributed by atoms with van der Waals surface area (Å²) in [5.74, 6) is 0.468. The van der Waals surface area contributed by atoms with E-state index < -0.39 is 0 Å². The van der Waals surface area contributed by atoms with Gasteiger partial charge in [0.2, 0.25) is 0 Å². The van der Waals surface area contributed by atoms with Gasteiger partial charge in [0.25, 0.3) is 0 Å². The molecule has 0 bridgehead atoms. The van der Waals surface area contributed by atoms with Crippen LogP contribution in [0.5, 0.6) is 0 Å². The minimum absolute atomic E-state index is 0.468. The first-order valence-corrected chi connectivity index (χ1v) is 3.01. The van der Waals surface area contributed by atoms with Crippen molar-refractivity contribution in [3.8, 4) is 0 Å². The number of hydrogen-bond acceptors (Lipinski definition) is 2. The predicted octanol–water partition coefficient (Wildman–Crippen LogP) is 2.10. The topological polar surface area (TPSA) is 37.1 Å². The van der Waals surface area contributed by atoms with Crippen LogP contribution in [0.1, 0.15) is 20.8 Å². The Morgan fingerprint density at radius 1 is 1.33 bits per heavy atom. The summed E-state index contributed by atoms with van der Waals surface area (Å²) >= 11 is 0. The highest BCUT2D eigenvalue weighted by Crippen LogP contribution is 1.95. The number of rotatable bonds is 2. The molecule has 0 unspecified atom stereocenters. The molecule has 0 radical (unpaired) electrons. The van der Waals surface area contributed by atoms with Gasteiger partial charge in [-0.1, -0.05) is 19.1 Å². The van der Waals surface area contributed by atoms with Gasteiger partial charge in [0.1, 0.15) is 0 Å². The van der Waals surface area contributed by atoms with Gasteiger partial charge in [-0.25, -0.2) is 0 Å². The van der Waals surface area contributed by atoms with E-state index in [9.17, 15) is 0 Å². The molecule has 0 rings (SSSR count). The standard InChI is InChI=1S/C6H13N3/c1-5(2)6(3)8-9-7-4/h5H,1-4H3/b8-6+,9-7?. The lowest BCUT2D eigenvalue weighted by Crippen LogP contribution is -1.99. The average molecular weight is 127 g/mol. The molecular formula is C6H13N3. The maximum Gasteiger partial charge on any atom is 0.0509 e. The molecule has 0 N–H and O–H groups in total. The van der Waals surface area contributed by atoms with E-state index in [1.54, 1.807) is 7.05 Å². The molecule has 9 heavy (non-hydrogen) atoms. The molecule has 0 atom stereocenters. The Balaban J connectivity index is 3.84. The monoisotopic (exact) mass is 127 g/mol. The average Bonchev–Trinajstić information content (AvgIpc) is 1.82. The van der Waals surface area contributed by atoms with E-state index in [0.29, 0.717) is 5.92 Å². The third-order valence-corrected chi connectivity index (χ3v) is 1.13. The van der Waals surface area contributed by atoms with Crippen molar-refractivity contribution in [2.75, 3.05) is 7.05 Å². The SMILES string of the molecule is CN=N/N=C(\C)C(C)C. The van der Waals surface area contributed by atoms with E-state index in [1.165, 1.54) is 0 Å². The van der Waals surface area contributed by atoms with Crippen LogP contribution in [0.25, 0.3) is 0 Å². The van der Waals surface area contributed by atoms with Crippen LogP contribution in [-0.4, -0.2) is 12.8 Å². The van der Waals surface area contributed by atoms with Crippen LogP contribution >= 0.6 is 0 Å². The van der Waals surface area contributed by atoms with Crippen molar-refractivity contribution >= 4 is 5.71 Å². The summed E-state index contributed by atoms with van der Waals surface area (Å²) in [7, 11) is 1.61. The van der Waals surface area contributed by atoms with Crippen LogP contribution in [0.4, 0.5) is 0 Å². The van der Waals surface area contributed by atoms with E-state index in [2.05, 4.69) is 29.3 Å². The summed E-state index contributed by atoms with van der Waals surface area (Å²) in [5.41, 5.74) is 1.01. The molecule has 0 aromatic carbocycles. The molecule has 0 heterocycles. The molecule has 0 aliphatic carbocycles. The second-order valence-corrected chi connectivity index (χ2v) is 2.19. The Kier molecular flexibility index (Phi) is 3.84. The van der Waals surface area contributed by atoms with E-state index in [4.69, 9.17) is 0 Å². The second kappa shape index (κ2) is 4.18. The lowest BCUT2D eigenvalue weighted by atomic mass is 10.1. The summed E-state index contributed by atoms with van der Waals surface area (Å²) in [6, 6.07) is 0. The quantitative estimate of drug-likeness (QED) is 0.309. The first-order valence-electron chi connectivity index (χ1n) is 3.01. The van der Waals surface area contributed by atoms with Crippen LogP contribution in [0.3, 0.4) is 0 Å². The molecule has 0 spiro atoms. The molecule has 0 aliphatic heterocycles. The zero-order chi connectivity index (χ0) is 7.28. The fourth-order valence-corrected chi connectivity index (χ4v) is 0.231. The summed E-state index contributed by atoms with van der Waals surface area (Å²) < 4.78 is 0. The zero-order valence-corrected chi connectivity index (χ0v) is 6.42. The van der Waals surface area contributed by atoms with Gasteiger partial charge in [0, 0.05) is 5.71 Å². The fraction of sp³-hybridized carbons (Fsp3) is 0.833. The Bertz CT molecular complexity index is 124. The number of nitrogens with zero attached hydrogens (tertiary/aromatic N) is 3. The van der Waals surface area contributed by atoms with Crippen LogP contribution in [0, 0.1) is 5.92 Å². The molecule has 0 aliphatic rings. The molecule has 3 nitrogen and oxygen atoms in total.